The Morgan fingerprint density at radius 3 is 2.84 bits per heavy atom. The summed E-state index contributed by atoms with van der Waals surface area (Å²) in [6.45, 7) is 2.53. The fourth-order valence-corrected chi connectivity index (χ4v) is 3.17. The number of nitrogens with zero attached hydrogens (tertiary/aromatic N) is 3. The summed E-state index contributed by atoms with van der Waals surface area (Å²) in [6, 6.07) is 7.53. The van der Waals surface area contributed by atoms with Crippen molar-refractivity contribution in [1.82, 2.24) is 25.1 Å². The molecule has 25 heavy (non-hydrogen) atoms. The number of carbonyl (C=O) groups excluding carboxylic acids is 1. The topological polar surface area (TPSA) is 92.7 Å². The van der Waals surface area contributed by atoms with Crippen molar-refractivity contribution in [2.75, 3.05) is 6.54 Å². The van der Waals surface area contributed by atoms with Crippen LogP contribution in [0.3, 0.4) is 0 Å². The Hall–Kier alpha value is -2.96. The molecule has 0 radical (unpaired) electrons. The molecule has 7 heteroatoms. The van der Waals surface area contributed by atoms with Crippen molar-refractivity contribution >= 4 is 16.7 Å². The van der Waals surface area contributed by atoms with Gasteiger partial charge in [-0.1, -0.05) is 18.2 Å². The highest BCUT2D eigenvalue weighted by Crippen LogP contribution is 2.36. The highest BCUT2D eigenvalue weighted by atomic mass is 16.2. The van der Waals surface area contributed by atoms with Gasteiger partial charge in [0.1, 0.15) is 5.82 Å². The van der Waals surface area contributed by atoms with E-state index in [1.54, 1.807) is 24.3 Å². The first-order valence-electron chi connectivity index (χ1n) is 8.43. The maximum absolute atomic E-state index is 12.5. The van der Waals surface area contributed by atoms with E-state index in [4.69, 9.17) is 0 Å². The second-order valence-corrected chi connectivity index (χ2v) is 6.37. The minimum absolute atomic E-state index is 0.233. The number of hydrogen-bond acceptors (Lipinski definition) is 4. The number of nitrogens with one attached hydrogen (secondary N) is 2. The molecule has 128 valence electrons. The van der Waals surface area contributed by atoms with E-state index < -0.39 is 0 Å². The van der Waals surface area contributed by atoms with Crippen molar-refractivity contribution in [1.29, 1.82) is 0 Å². The quantitative estimate of drug-likeness (QED) is 0.741. The molecule has 7 nitrogen and oxygen atoms in total. The molecule has 2 N–H and O–H groups in total. The smallest absolute Gasteiger partial charge is 0.272 e. The number of benzene rings is 1. The van der Waals surface area contributed by atoms with Gasteiger partial charge in [-0.05, 0) is 25.8 Å². The van der Waals surface area contributed by atoms with Crippen LogP contribution in [0.1, 0.15) is 40.9 Å². The van der Waals surface area contributed by atoms with Crippen LogP contribution in [0.5, 0.6) is 0 Å². The summed E-state index contributed by atoms with van der Waals surface area (Å²) in [5.74, 6) is 0.702. The zero-order valence-electron chi connectivity index (χ0n) is 14.0. The molecular weight excluding hydrogens is 318 g/mol. The Morgan fingerprint density at radius 2 is 2.08 bits per heavy atom. The number of rotatable bonds is 5. The van der Waals surface area contributed by atoms with E-state index in [1.165, 1.54) is 12.8 Å². The first-order valence-corrected chi connectivity index (χ1v) is 8.43. The monoisotopic (exact) mass is 337 g/mol. The molecule has 1 amide bonds. The van der Waals surface area contributed by atoms with E-state index in [0.29, 0.717) is 29.8 Å². The number of carbonyl (C=O) groups is 1. The van der Waals surface area contributed by atoms with E-state index in [9.17, 15) is 9.59 Å². The summed E-state index contributed by atoms with van der Waals surface area (Å²) in [7, 11) is 0. The standard InChI is InChI=1S/C18H19N5O2/c1-11-10-20-15(23(11)12-6-7-12)8-9-19-18(25)16-13-4-2-3-5-14(13)17(24)22-21-16/h2-5,10,12H,6-9H2,1H3,(H,19,25)(H,22,24). The van der Waals surface area contributed by atoms with Crippen LogP contribution in [-0.4, -0.2) is 32.2 Å². The molecule has 1 saturated carbocycles. The molecule has 0 bridgehead atoms. The van der Waals surface area contributed by atoms with Gasteiger partial charge in [0.05, 0.1) is 5.39 Å². The molecule has 1 aliphatic rings. The van der Waals surface area contributed by atoms with Gasteiger partial charge in [0.25, 0.3) is 11.5 Å². The van der Waals surface area contributed by atoms with E-state index in [0.717, 1.165) is 11.5 Å². The van der Waals surface area contributed by atoms with Gasteiger partial charge in [0.15, 0.2) is 5.69 Å². The van der Waals surface area contributed by atoms with Crippen LogP contribution in [0.25, 0.3) is 10.8 Å². The Kier molecular flexibility index (Phi) is 3.83. The van der Waals surface area contributed by atoms with Crippen molar-refractivity contribution in [3.8, 4) is 0 Å². The molecule has 2 heterocycles. The number of fused-ring (bicyclic) bond motifs is 1. The lowest BCUT2D eigenvalue weighted by atomic mass is 10.1. The lowest BCUT2D eigenvalue weighted by molar-refractivity contribution is 0.0949. The Bertz CT molecular complexity index is 1000. The average Bonchev–Trinajstić information content (AvgIpc) is 3.39. The molecule has 0 unspecified atom stereocenters. The molecule has 1 aromatic carbocycles. The summed E-state index contributed by atoms with van der Waals surface area (Å²) in [5, 5.41) is 10.2. The first kappa shape index (κ1) is 15.6. The van der Waals surface area contributed by atoms with Crippen molar-refractivity contribution in [3.05, 3.63) is 58.0 Å². The highest BCUT2D eigenvalue weighted by Gasteiger charge is 2.27. The van der Waals surface area contributed by atoms with E-state index in [1.807, 2.05) is 6.20 Å². The molecule has 1 fully saturated rings. The summed E-state index contributed by atoms with van der Waals surface area (Å²) >= 11 is 0. The molecule has 0 atom stereocenters. The predicted octanol–water partition coefficient (Wildman–Crippen LogP) is 1.74. The van der Waals surface area contributed by atoms with E-state index >= 15 is 0 Å². The third-order valence-electron chi connectivity index (χ3n) is 4.52. The van der Waals surface area contributed by atoms with Crippen LogP contribution in [0.2, 0.25) is 0 Å². The number of aromatic nitrogens is 4. The SMILES string of the molecule is Cc1cnc(CCNC(=O)c2n[nH]c(=O)c3ccccc23)n1C1CC1. The Labute approximate surface area is 144 Å². The molecule has 0 spiro atoms. The molecule has 0 saturated heterocycles. The average molecular weight is 337 g/mol. The molecule has 3 aromatic rings. The lowest BCUT2D eigenvalue weighted by Crippen LogP contribution is -2.29. The second kappa shape index (κ2) is 6.16. The van der Waals surface area contributed by atoms with Crippen molar-refractivity contribution in [3.63, 3.8) is 0 Å². The number of aryl methyl sites for hydroxylation is 1. The minimum atomic E-state index is -0.297. The van der Waals surface area contributed by atoms with E-state index in [-0.39, 0.29) is 17.2 Å². The number of hydrogen-bond donors (Lipinski definition) is 2. The van der Waals surface area contributed by atoms with Gasteiger partial charge < -0.3 is 9.88 Å². The maximum atomic E-state index is 12.5. The predicted molar refractivity (Wildman–Crippen MR) is 93.6 cm³/mol. The van der Waals surface area contributed by atoms with Gasteiger partial charge in [0, 0.05) is 36.3 Å². The molecule has 1 aliphatic carbocycles. The third-order valence-corrected chi connectivity index (χ3v) is 4.52. The number of aromatic amines is 1. The zero-order valence-corrected chi connectivity index (χ0v) is 14.0. The van der Waals surface area contributed by atoms with Gasteiger partial charge in [-0.15, -0.1) is 0 Å². The van der Waals surface area contributed by atoms with Crippen LogP contribution in [0.15, 0.2) is 35.3 Å². The summed E-state index contributed by atoms with van der Waals surface area (Å²) in [5.41, 5.74) is 1.10. The largest absolute Gasteiger partial charge is 0.350 e. The molecule has 2 aromatic heterocycles. The van der Waals surface area contributed by atoms with Crippen LogP contribution < -0.4 is 10.9 Å². The highest BCUT2D eigenvalue weighted by molar-refractivity contribution is 6.04. The number of H-pyrrole nitrogens is 1. The van der Waals surface area contributed by atoms with Gasteiger partial charge in [-0.25, -0.2) is 10.1 Å². The van der Waals surface area contributed by atoms with Gasteiger partial charge >= 0.3 is 0 Å². The van der Waals surface area contributed by atoms with Crippen LogP contribution >= 0.6 is 0 Å². The second-order valence-electron chi connectivity index (χ2n) is 6.37. The molecule has 0 aliphatic heterocycles. The maximum Gasteiger partial charge on any atom is 0.272 e. The summed E-state index contributed by atoms with van der Waals surface area (Å²) in [4.78, 5) is 28.7. The lowest BCUT2D eigenvalue weighted by Gasteiger charge is -2.09. The minimum Gasteiger partial charge on any atom is -0.350 e. The van der Waals surface area contributed by atoms with Gasteiger partial charge in [0.2, 0.25) is 0 Å². The van der Waals surface area contributed by atoms with Crippen LogP contribution in [0, 0.1) is 6.92 Å². The zero-order chi connectivity index (χ0) is 17.4. The normalized spacial score (nSPS) is 14.0. The Morgan fingerprint density at radius 1 is 1.32 bits per heavy atom. The van der Waals surface area contributed by atoms with Crippen LogP contribution in [-0.2, 0) is 6.42 Å². The van der Waals surface area contributed by atoms with Crippen LogP contribution in [0.4, 0.5) is 0 Å². The van der Waals surface area contributed by atoms with Gasteiger partial charge in [-0.3, -0.25) is 9.59 Å². The Balaban J connectivity index is 1.48. The third kappa shape index (κ3) is 2.93. The summed E-state index contributed by atoms with van der Waals surface area (Å²) < 4.78 is 2.26. The van der Waals surface area contributed by atoms with Crippen molar-refractivity contribution in [2.24, 2.45) is 0 Å². The first-order chi connectivity index (χ1) is 12.1. The fourth-order valence-electron chi connectivity index (χ4n) is 3.17. The van der Waals surface area contributed by atoms with Gasteiger partial charge in [-0.2, -0.15) is 5.10 Å². The van der Waals surface area contributed by atoms with E-state index in [2.05, 4.69) is 32.0 Å². The van der Waals surface area contributed by atoms with Crippen molar-refractivity contribution < 1.29 is 4.79 Å². The fraction of sp³-hybridized carbons (Fsp3) is 0.333. The van der Waals surface area contributed by atoms with Crippen molar-refractivity contribution in [2.45, 2.75) is 32.2 Å². The summed E-state index contributed by atoms with van der Waals surface area (Å²) in [6.07, 6.45) is 4.94. The number of imidazole rings is 1. The number of amides is 1. The molecule has 4 rings (SSSR count). The molecular formula is C18H19N5O2.